The summed E-state index contributed by atoms with van der Waals surface area (Å²) in [5.41, 5.74) is 0. The third kappa shape index (κ3) is 5.74. The van der Waals surface area contributed by atoms with E-state index >= 15 is 0 Å². The van der Waals surface area contributed by atoms with E-state index in [1.807, 2.05) is 6.92 Å². The number of hydrogen-bond acceptors (Lipinski definition) is 6. The summed E-state index contributed by atoms with van der Waals surface area (Å²) in [6.45, 7) is 2.88. The average Bonchev–Trinajstić information content (AvgIpc) is 2.37. The second kappa shape index (κ2) is 7.35. The standard InChI is InChI=1S/C13H21NO5S2/c1-3-8-14-9-11(15)10-21(18,19)13-6-4-12(5-7-13)20(2,16)17/h4-7,11,14-15H,3,8-10H2,1-2H3. The van der Waals surface area contributed by atoms with Crippen LogP contribution in [0.2, 0.25) is 0 Å². The van der Waals surface area contributed by atoms with Crippen molar-refractivity contribution in [2.45, 2.75) is 29.2 Å². The molecule has 21 heavy (non-hydrogen) atoms. The molecule has 0 aliphatic carbocycles. The summed E-state index contributed by atoms with van der Waals surface area (Å²) < 4.78 is 46.8. The summed E-state index contributed by atoms with van der Waals surface area (Å²) in [6, 6.07) is 5.00. The highest BCUT2D eigenvalue weighted by Crippen LogP contribution is 2.16. The molecule has 2 N–H and O–H groups in total. The van der Waals surface area contributed by atoms with E-state index in [0.29, 0.717) is 6.54 Å². The predicted octanol–water partition coefficient (Wildman–Crippen LogP) is 0.224. The van der Waals surface area contributed by atoms with Gasteiger partial charge in [0.2, 0.25) is 0 Å². The van der Waals surface area contributed by atoms with Crippen molar-refractivity contribution in [3.05, 3.63) is 24.3 Å². The lowest BCUT2D eigenvalue weighted by Gasteiger charge is -2.12. The average molecular weight is 335 g/mol. The normalized spacial score (nSPS) is 14.0. The van der Waals surface area contributed by atoms with Crippen molar-refractivity contribution in [1.82, 2.24) is 5.32 Å². The fourth-order valence-corrected chi connectivity index (χ4v) is 3.75. The fraction of sp³-hybridized carbons (Fsp3) is 0.538. The molecule has 0 aliphatic rings. The molecule has 0 fully saturated rings. The summed E-state index contributed by atoms with van der Waals surface area (Å²) in [7, 11) is -7.00. The molecule has 0 amide bonds. The van der Waals surface area contributed by atoms with Crippen LogP contribution in [0, 0.1) is 0 Å². The van der Waals surface area contributed by atoms with Crippen molar-refractivity contribution < 1.29 is 21.9 Å². The summed E-state index contributed by atoms with van der Waals surface area (Å²) >= 11 is 0. The number of benzene rings is 1. The maximum Gasteiger partial charge on any atom is 0.180 e. The number of aliphatic hydroxyl groups excluding tert-OH is 1. The van der Waals surface area contributed by atoms with Crippen LogP contribution in [-0.2, 0) is 19.7 Å². The summed E-state index contributed by atoms with van der Waals surface area (Å²) in [4.78, 5) is 0.0658. The highest BCUT2D eigenvalue weighted by molar-refractivity contribution is 7.91. The molecule has 120 valence electrons. The van der Waals surface area contributed by atoms with Gasteiger partial charge < -0.3 is 10.4 Å². The smallest absolute Gasteiger partial charge is 0.180 e. The van der Waals surface area contributed by atoms with E-state index in [1.54, 1.807) is 0 Å². The van der Waals surface area contributed by atoms with Crippen LogP contribution in [0.15, 0.2) is 34.1 Å². The highest BCUT2D eigenvalue weighted by atomic mass is 32.2. The van der Waals surface area contributed by atoms with Crippen LogP contribution in [0.5, 0.6) is 0 Å². The Balaban J connectivity index is 2.79. The van der Waals surface area contributed by atoms with Gasteiger partial charge in [-0.15, -0.1) is 0 Å². The first kappa shape index (κ1) is 18.1. The molecule has 0 aliphatic heterocycles. The van der Waals surface area contributed by atoms with Gasteiger partial charge in [-0.05, 0) is 37.2 Å². The molecule has 6 nitrogen and oxygen atoms in total. The number of rotatable bonds is 8. The quantitative estimate of drug-likeness (QED) is 0.659. The largest absolute Gasteiger partial charge is 0.391 e. The zero-order valence-corrected chi connectivity index (χ0v) is 13.7. The van der Waals surface area contributed by atoms with Crippen molar-refractivity contribution >= 4 is 19.7 Å². The predicted molar refractivity (Wildman–Crippen MR) is 80.8 cm³/mol. The minimum Gasteiger partial charge on any atom is -0.391 e. The van der Waals surface area contributed by atoms with Crippen molar-refractivity contribution in [3.63, 3.8) is 0 Å². The second-order valence-corrected chi connectivity index (χ2v) is 8.93. The maximum atomic E-state index is 12.1. The van der Waals surface area contributed by atoms with Crippen LogP contribution in [0.25, 0.3) is 0 Å². The first-order chi connectivity index (χ1) is 9.66. The molecule has 1 aromatic rings. The van der Waals surface area contributed by atoms with Crippen molar-refractivity contribution in [3.8, 4) is 0 Å². The van der Waals surface area contributed by atoms with Crippen LogP contribution in [-0.4, -0.2) is 53.1 Å². The lowest BCUT2D eigenvalue weighted by Crippen LogP contribution is -2.32. The van der Waals surface area contributed by atoms with E-state index in [4.69, 9.17) is 0 Å². The van der Waals surface area contributed by atoms with Gasteiger partial charge in [0, 0.05) is 12.8 Å². The van der Waals surface area contributed by atoms with Gasteiger partial charge in [0.15, 0.2) is 19.7 Å². The van der Waals surface area contributed by atoms with Crippen LogP contribution in [0.4, 0.5) is 0 Å². The SMILES string of the molecule is CCCNCC(O)CS(=O)(=O)c1ccc(S(C)(=O)=O)cc1. The van der Waals surface area contributed by atoms with Crippen LogP contribution < -0.4 is 5.32 Å². The van der Waals surface area contributed by atoms with Gasteiger partial charge in [-0.25, -0.2) is 16.8 Å². The van der Waals surface area contributed by atoms with Crippen molar-refractivity contribution in [2.24, 2.45) is 0 Å². The van der Waals surface area contributed by atoms with Crippen LogP contribution in [0.1, 0.15) is 13.3 Å². The molecule has 0 aromatic heterocycles. The summed E-state index contributed by atoms with van der Waals surface area (Å²) in [6.07, 6.45) is 0.947. The number of sulfone groups is 2. The third-order valence-electron chi connectivity index (χ3n) is 2.83. The molecule has 1 rings (SSSR count). The molecule has 0 heterocycles. The highest BCUT2D eigenvalue weighted by Gasteiger charge is 2.20. The van der Waals surface area contributed by atoms with E-state index in [-0.39, 0.29) is 16.3 Å². The Hall–Kier alpha value is -0.960. The van der Waals surface area contributed by atoms with Gasteiger partial charge in [-0.2, -0.15) is 0 Å². The molecule has 0 spiro atoms. The molecule has 0 saturated heterocycles. The number of aliphatic hydroxyl groups is 1. The fourth-order valence-electron chi connectivity index (χ4n) is 1.75. The minimum absolute atomic E-state index is 0.00411. The molecule has 1 unspecified atom stereocenters. The zero-order chi connectivity index (χ0) is 16.1. The molecule has 0 bridgehead atoms. The number of hydrogen-bond donors (Lipinski definition) is 2. The third-order valence-corrected chi connectivity index (χ3v) is 5.77. The van der Waals surface area contributed by atoms with Gasteiger partial charge in [0.25, 0.3) is 0 Å². The Labute approximate surface area is 126 Å². The van der Waals surface area contributed by atoms with Gasteiger partial charge in [0.05, 0.1) is 21.6 Å². The van der Waals surface area contributed by atoms with E-state index in [0.717, 1.165) is 12.7 Å². The van der Waals surface area contributed by atoms with Gasteiger partial charge in [-0.1, -0.05) is 6.92 Å². The van der Waals surface area contributed by atoms with E-state index in [1.165, 1.54) is 24.3 Å². The second-order valence-electron chi connectivity index (χ2n) is 4.88. The Morgan fingerprint density at radius 3 is 2.10 bits per heavy atom. The Bertz CT molecular complexity index is 650. The topological polar surface area (TPSA) is 101 Å². The summed E-state index contributed by atoms with van der Waals surface area (Å²) in [5.74, 6) is -0.401. The van der Waals surface area contributed by atoms with Gasteiger partial charge >= 0.3 is 0 Å². The Kier molecular flexibility index (Phi) is 6.33. The molecular weight excluding hydrogens is 314 g/mol. The maximum absolute atomic E-state index is 12.1. The number of nitrogens with one attached hydrogen (secondary N) is 1. The van der Waals surface area contributed by atoms with E-state index in [2.05, 4.69) is 5.32 Å². The van der Waals surface area contributed by atoms with E-state index < -0.39 is 31.5 Å². The van der Waals surface area contributed by atoms with Gasteiger partial charge in [-0.3, -0.25) is 0 Å². The summed E-state index contributed by atoms with van der Waals surface area (Å²) in [5, 5.41) is 12.7. The molecule has 8 heteroatoms. The van der Waals surface area contributed by atoms with E-state index in [9.17, 15) is 21.9 Å². The zero-order valence-electron chi connectivity index (χ0n) is 12.1. The molecule has 1 aromatic carbocycles. The first-order valence-corrected chi connectivity index (χ1v) is 10.1. The Morgan fingerprint density at radius 2 is 1.62 bits per heavy atom. The first-order valence-electron chi connectivity index (χ1n) is 6.58. The Morgan fingerprint density at radius 1 is 1.10 bits per heavy atom. The molecular formula is C13H21NO5S2. The molecule has 0 radical (unpaired) electrons. The van der Waals surface area contributed by atoms with Crippen LogP contribution in [0.3, 0.4) is 0 Å². The lowest BCUT2D eigenvalue weighted by atomic mass is 10.4. The van der Waals surface area contributed by atoms with Gasteiger partial charge in [0.1, 0.15) is 0 Å². The van der Waals surface area contributed by atoms with Crippen LogP contribution >= 0.6 is 0 Å². The monoisotopic (exact) mass is 335 g/mol. The minimum atomic E-state index is -3.64. The van der Waals surface area contributed by atoms with Crippen molar-refractivity contribution in [2.75, 3.05) is 25.1 Å². The molecule has 0 saturated carbocycles. The lowest BCUT2D eigenvalue weighted by molar-refractivity contribution is 0.194. The van der Waals surface area contributed by atoms with Crippen molar-refractivity contribution in [1.29, 1.82) is 0 Å². The molecule has 1 atom stereocenters.